The predicted octanol–water partition coefficient (Wildman–Crippen LogP) is 1.30. The number of primary amides is 1. The summed E-state index contributed by atoms with van der Waals surface area (Å²) in [5.74, 6) is -12.7. The SMILES string of the molecule is COc1ccc2c(C(C)O[C@]34C(=O)C(C(N)=O)C(=O)[C@H](N(C)C)[C@H]3[C@H](O)[C@@H]3C(C(=O)c5c(O)cccc5[C@H]3C)C4=O)cc(=O)oc2c1. The van der Waals surface area contributed by atoms with Crippen LogP contribution in [0.1, 0.15) is 47.4 Å². The van der Waals surface area contributed by atoms with Crippen LogP contribution in [0.4, 0.5) is 0 Å². The Balaban J connectivity index is 1.61. The lowest BCUT2D eigenvalue weighted by atomic mass is 9.49. The number of fused-ring (bicyclic) bond motifs is 4. The first-order valence-corrected chi connectivity index (χ1v) is 15.1. The highest BCUT2D eigenvalue weighted by Crippen LogP contribution is 2.56. The molecule has 3 aromatic rings. The van der Waals surface area contributed by atoms with E-state index in [0.29, 0.717) is 16.7 Å². The molecule has 0 aliphatic heterocycles. The van der Waals surface area contributed by atoms with Crippen LogP contribution in [0.15, 0.2) is 51.7 Å². The third-order valence-corrected chi connectivity index (χ3v) is 10.1. The smallest absolute Gasteiger partial charge is 0.336 e. The second kappa shape index (κ2) is 11.2. The third kappa shape index (κ3) is 4.48. The Labute approximate surface area is 268 Å². The van der Waals surface area contributed by atoms with Gasteiger partial charge in [-0.05, 0) is 56.3 Å². The molecule has 47 heavy (non-hydrogen) atoms. The second-order valence-electron chi connectivity index (χ2n) is 12.7. The van der Waals surface area contributed by atoms with Gasteiger partial charge in [-0.2, -0.15) is 0 Å². The van der Waals surface area contributed by atoms with Gasteiger partial charge in [-0.15, -0.1) is 0 Å². The van der Waals surface area contributed by atoms with Gasteiger partial charge in [0.2, 0.25) is 5.91 Å². The van der Waals surface area contributed by atoms with Crippen LogP contribution in [0.3, 0.4) is 0 Å². The molecular formula is C34H34N2O11. The van der Waals surface area contributed by atoms with Crippen LogP contribution in [-0.2, 0) is 23.9 Å². The van der Waals surface area contributed by atoms with Gasteiger partial charge < -0.3 is 29.8 Å². The maximum Gasteiger partial charge on any atom is 0.336 e. The van der Waals surface area contributed by atoms with Crippen molar-refractivity contribution in [3.63, 3.8) is 0 Å². The topological polar surface area (TPSA) is 204 Å². The number of aromatic hydroxyl groups is 1. The normalized spacial score (nSPS) is 30.9. The number of hydrogen-bond acceptors (Lipinski definition) is 12. The molecule has 1 amide bonds. The van der Waals surface area contributed by atoms with Crippen molar-refractivity contribution in [2.24, 2.45) is 29.4 Å². The van der Waals surface area contributed by atoms with Crippen molar-refractivity contribution < 1.29 is 48.1 Å². The van der Waals surface area contributed by atoms with E-state index in [1.807, 2.05) is 0 Å². The third-order valence-electron chi connectivity index (χ3n) is 10.1. The van der Waals surface area contributed by atoms with E-state index >= 15 is 4.79 Å². The van der Waals surface area contributed by atoms with Gasteiger partial charge in [0.1, 0.15) is 17.1 Å². The van der Waals surface area contributed by atoms with Crippen LogP contribution in [0.25, 0.3) is 11.0 Å². The molecule has 1 heterocycles. The van der Waals surface area contributed by atoms with E-state index in [4.69, 9.17) is 19.6 Å². The molecule has 2 fully saturated rings. The minimum Gasteiger partial charge on any atom is -0.507 e. The van der Waals surface area contributed by atoms with Crippen molar-refractivity contribution in [2.75, 3.05) is 21.2 Å². The standard InChI is InChI=1S/C34H34N2O11/c1-13-16-7-6-8-19(37)23(16)28(39)24-22(13)29(40)26-27(36(3)4)30(41)25(33(35)44)32(43)34(26,31(24)42)47-14(2)18-12-21(38)46-20-11-15(45-5)9-10-17(18)20/h6-14,22,24-27,29,37,40H,1-5H3,(H2,35,44)/t13-,14?,22+,24?,25?,26+,27-,29-,34-/m1/s1. The molecule has 0 spiro atoms. The van der Waals surface area contributed by atoms with Crippen LogP contribution >= 0.6 is 0 Å². The maximum absolute atomic E-state index is 15.0. The van der Waals surface area contributed by atoms with Gasteiger partial charge in [-0.1, -0.05) is 19.1 Å². The molecule has 6 rings (SSSR count). The van der Waals surface area contributed by atoms with Crippen LogP contribution in [-0.4, -0.2) is 83.1 Å². The number of carbonyl (C=O) groups is 5. The van der Waals surface area contributed by atoms with E-state index in [-0.39, 0.29) is 22.5 Å². The summed E-state index contributed by atoms with van der Waals surface area (Å²) in [5.41, 5.74) is 2.63. The minimum atomic E-state index is -2.76. The number of ketones is 4. The van der Waals surface area contributed by atoms with E-state index < -0.39 is 88.1 Å². The molecular weight excluding hydrogens is 612 g/mol. The predicted molar refractivity (Wildman–Crippen MR) is 164 cm³/mol. The fourth-order valence-electron chi connectivity index (χ4n) is 8.09. The fourth-order valence-corrected chi connectivity index (χ4v) is 8.09. The molecule has 2 aromatic carbocycles. The number of rotatable bonds is 6. The maximum atomic E-state index is 15.0. The van der Waals surface area contributed by atoms with Gasteiger partial charge in [-0.3, -0.25) is 28.9 Å². The Morgan fingerprint density at radius 1 is 1.06 bits per heavy atom. The largest absolute Gasteiger partial charge is 0.507 e. The Bertz CT molecular complexity index is 1930. The summed E-state index contributed by atoms with van der Waals surface area (Å²) in [5, 5.41) is 23.3. The summed E-state index contributed by atoms with van der Waals surface area (Å²) < 4.78 is 17.1. The second-order valence-corrected chi connectivity index (χ2v) is 12.7. The first-order valence-electron chi connectivity index (χ1n) is 15.1. The number of ether oxygens (including phenoxy) is 2. The van der Waals surface area contributed by atoms with E-state index in [0.717, 1.165) is 6.07 Å². The van der Waals surface area contributed by atoms with Crippen LogP contribution in [0.2, 0.25) is 0 Å². The molecule has 3 aliphatic rings. The van der Waals surface area contributed by atoms with Crippen molar-refractivity contribution in [1.29, 1.82) is 0 Å². The summed E-state index contributed by atoms with van der Waals surface area (Å²) in [4.78, 5) is 84.4. The van der Waals surface area contributed by atoms with Crippen molar-refractivity contribution in [2.45, 2.75) is 43.6 Å². The van der Waals surface area contributed by atoms with Gasteiger partial charge in [0.05, 0.1) is 42.8 Å². The number of carbonyl (C=O) groups excluding carboxylic acids is 5. The minimum absolute atomic E-state index is 0.112. The highest BCUT2D eigenvalue weighted by atomic mass is 16.5. The van der Waals surface area contributed by atoms with Crippen LogP contribution < -0.4 is 16.1 Å². The first-order chi connectivity index (χ1) is 22.2. The summed E-state index contributed by atoms with van der Waals surface area (Å²) >= 11 is 0. The van der Waals surface area contributed by atoms with Gasteiger partial charge in [0.15, 0.2) is 34.7 Å². The Morgan fingerprint density at radius 3 is 2.40 bits per heavy atom. The first kappa shape index (κ1) is 32.2. The van der Waals surface area contributed by atoms with E-state index in [2.05, 4.69) is 0 Å². The number of aliphatic hydroxyl groups is 1. The fraction of sp³-hybridized carbons (Fsp3) is 0.412. The Morgan fingerprint density at radius 2 is 1.77 bits per heavy atom. The zero-order chi connectivity index (χ0) is 34.3. The van der Waals surface area contributed by atoms with Crippen LogP contribution in [0.5, 0.6) is 11.5 Å². The van der Waals surface area contributed by atoms with E-state index in [9.17, 15) is 34.2 Å². The average Bonchev–Trinajstić information content (AvgIpc) is 3.01. The lowest BCUT2D eigenvalue weighted by molar-refractivity contribution is -0.215. The molecule has 0 bridgehead atoms. The number of benzene rings is 2. The number of nitrogens with two attached hydrogens (primary N) is 1. The van der Waals surface area contributed by atoms with Crippen molar-refractivity contribution >= 4 is 40.0 Å². The summed E-state index contributed by atoms with van der Waals surface area (Å²) in [6.45, 7) is 3.14. The van der Waals surface area contributed by atoms with Gasteiger partial charge in [0, 0.05) is 23.4 Å². The number of aliphatic hydroxyl groups excluding tert-OH is 1. The van der Waals surface area contributed by atoms with E-state index in [1.165, 1.54) is 51.2 Å². The molecule has 0 radical (unpaired) electrons. The number of phenolic OH excluding ortho intramolecular Hbond substituents is 1. The number of phenols is 1. The molecule has 13 heteroatoms. The number of methoxy groups -OCH3 is 1. The van der Waals surface area contributed by atoms with Gasteiger partial charge in [-0.25, -0.2) is 4.79 Å². The Kier molecular flexibility index (Phi) is 7.69. The zero-order valence-electron chi connectivity index (χ0n) is 26.3. The number of amides is 1. The summed E-state index contributed by atoms with van der Waals surface area (Å²) in [7, 11) is 4.40. The molecule has 0 saturated heterocycles. The highest BCUT2D eigenvalue weighted by molar-refractivity contribution is 6.32. The molecule has 1 aromatic heterocycles. The lowest BCUT2D eigenvalue weighted by Crippen LogP contribution is -2.78. The summed E-state index contributed by atoms with van der Waals surface area (Å²) in [6, 6.07) is 8.78. The van der Waals surface area contributed by atoms with Gasteiger partial charge in [0.25, 0.3) is 0 Å². The van der Waals surface area contributed by atoms with Crippen LogP contribution in [0, 0.1) is 23.7 Å². The molecule has 3 aliphatic carbocycles. The molecule has 13 nitrogen and oxygen atoms in total. The molecule has 246 valence electrons. The van der Waals surface area contributed by atoms with Crippen molar-refractivity contribution in [3.8, 4) is 11.5 Å². The van der Waals surface area contributed by atoms with Crippen molar-refractivity contribution in [1.82, 2.24) is 4.90 Å². The lowest BCUT2D eigenvalue weighted by Gasteiger charge is -2.58. The molecule has 9 atom stereocenters. The van der Waals surface area contributed by atoms with E-state index in [1.54, 1.807) is 25.1 Å². The molecule has 2 saturated carbocycles. The average molecular weight is 647 g/mol. The number of Topliss-reactive ketones (excluding diaryl/α,β-unsaturated/α-hetero) is 4. The Hall–Kier alpha value is -4.72. The highest BCUT2D eigenvalue weighted by Gasteiger charge is 2.74. The number of likely N-dealkylation sites (N-methyl/N-ethyl adjacent to an activating group) is 1. The summed E-state index contributed by atoms with van der Waals surface area (Å²) in [6.07, 6.45) is -2.95. The number of hydrogen-bond donors (Lipinski definition) is 3. The monoisotopic (exact) mass is 646 g/mol. The zero-order valence-corrected chi connectivity index (χ0v) is 26.3. The molecule has 3 unspecified atom stereocenters. The molecule has 4 N–H and O–H groups in total. The van der Waals surface area contributed by atoms with Crippen molar-refractivity contribution in [3.05, 3.63) is 69.6 Å². The quantitative estimate of drug-likeness (QED) is 0.256. The number of nitrogens with zero attached hydrogens (tertiary/aromatic N) is 1. The van der Waals surface area contributed by atoms with Gasteiger partial charge >= 0.3 is 5.63 Å².